The highest BCUT2D eigenvalue weighted by Crippen LogP contribution is 2.29. The number of hydrogen-bond acceptors (Lipinski definition) is 4. The monoisotopic (exact) mass is 224 g/mol. The number of aromatic nitrogens is 1. The Morgan fingerprint density at radius 1 is 1.50 bits per heavy atom. The van der Waals surface area contributed by atoms with Gasteiger partial charge in [-0.05, 0) is 23.9 Å². The first kappa shape index (κ1) is 9.36. The van der Waals surface area contributed by atoms with Crippen molar-refractivity contribution in [2.75, 3.05) is 0 Å². The van der Waals surface area contributed by atoms with E-state index in [0.29, 0.717) is 5.01 Å². The fraction of sp³-hybridized carbons (Fsp3) is 0.111. The van der Waals surface area contributed by atoms with Gasteiger partial charge >= 0.3 is 0 Å². The van der Waals surface area contributed by atoms with Gasteiger partial charge in [0.1, 0.15) is 0 Å². The second-order valence-electron chi connectivity index (χ2n) is 2.83. The molecule has 0 aliphatic heterocycles. The lowest BCUT2D eigenvalue weighted by atomic mass is 10.2. The highest BCUT2D eigenvalue weighted by molar-refractivity contribution is 7.15. The molecule has 0 aliphatic carbocycles. The third-order valence-corrected chi connectivity index (χ3v) is 3.71. The van der Waals surface area contributed by atoms with E-state index in [-0.39, 0.29) is 0 Å². The predicted octanol–water partition coefficient (Wildman–Crippen LogP) is 2.28. The number of thiophene rings is 1. The van der Waals surface area contributed by atoms with Crippen molar-refractivity contribution in [2.24, 2.45) is 5.73 Å². The molecular weight excluding hydrogens is 216 g/mol. The van der Waals surface area contributed by atoms with E-state index in [9.17, 15) is 4.79 Å². The quantitative estimate of drug-likeness (QED) is 0.850. The zero-order chi connectivity index (χ0) is 10.1. The fourth-order valence-corrected chi connectivity index (χ4v) is 2.75. The van der Waals surface area contributed by atoms with Crippen LogP contribution in [0.15, 0.2) is 16.8 Å². The summed E-state index contributed by atoms with van der Waals surface area (Å²) < 4.78 is 0. The molecule has 0 saturated heterocycles. The Morgan fingerprint density at radius 3 is 2.79 bits per heavy atom. The minimum atomic E-state index is -0.463. The molecule has 0 spiro atoms. The van der Waals surface area contributed by atoms with Crippen molar-refractivity contribution in [1.29, 1.82) is 0 Å². The normalized spacial score (nSPS) is 10.4. The van der Waals surface area contributed by atoms with Crippen molar-refractivity contribution in [3.8, 4) is 10.6 Å². The second-order valence-corrected chi connectivity index (χ2v) is 4.61. The summed E-state index contributed by atoms with van der Waals surface area (Å²) in [6.07, 6.45) is 0. The van der Waals surface area contributed by atoms with Gasteiger partial charge in [-0.1, -0.05) is 0 Å². The van der Waals surface area contributed by atoms with E-state index in [2.05, 4.69) is 4.98 Å². The lowest BCUT2D eigenvalue weighted by Gasteiger charge is -1.91. The molecule has 0 bridgehead atoms. The number of carbonyl (C=O) groups excluding carboxylic acids is 1. The number of hydrogen-bond donors (Lipinski definition) is 1. The Balaban J connectivity index is 2.43. The lowest BCUT2D eigenvalue weighted by molar-refractivity contribution is 0.1000. The average Bonchev–Trinajstić information content (AvgIpc) is 2.71. The molecular formula is C9H8N2OS2. The number of nitrogens with two attached hydrogens (primary N) is 1. The summed E-state index contributed by atoms with van der Waals surface area (Å²) >= 11 is 2.91. The van der Waals surface area contributed by atoms with E-state index in [4.69, 9.17) is 5.73 Å². The predicted molar refractivity (Wildman–Crippen MR) is 58.7 cm³/mol. The maximum atomic E-state index is 10.8. The smallest absolute Gasteiger partial charge is 0.277 e. The number of amides is 1. The fourth-order valence-electron chi connectivity index (χ4n) is 1.13. The molecule has 0 aromatic carbocycles. The van der Waals surface area contributed by atoms with E-state index >= 15 is 0 Å². The Morgan fingerprint density at radius 2 is 2.29 bits per heavy atom. The third-order valence-electron chi connectivity index (χ3n) is 1.81. The largest absolute Gasteiger partial charge is 0.364 e. The summed E-state index contributed by atoms with van der Waals surface area (Å²) in [5.41, 5.74) is 7.15. The summed E-state index contributed by atoms with van der Waals surface area (Å²) in [5.74, 6) is -0.463. The van der Waals surface area contributed by atoms with Crippen LogP contribution < -0.4 is 5.73 Å². The van der Waals surface area contributed by atoms with Crippen LogP contribution in [0.25, 0.3) is 10.6 Å². The van der Waals surface area contributed by atoms with Crippen LogP contribution in [0.3, 0.4) is 0 Å². The summed E-state index contributed by atoms with van der Waals surface area (Å²) in [6.45, 7) is 2.02. The van der Waals surface area contributed by atoms with Gasteiger partial charge in [0.2, 0.25) is 0 Å². The Hall–Kier alpha value is -1.20. The second kappa shape index (κ2) is 3.51. The first-order valence-electron chi connectivity index (χ1n) is 3.98. The molecule has 3 nitrogen and oxygen atoms in total. The number of carbonyl (C=O) groups is 1. The van der Waals surface area contributed by atoms with Crippen LogP contribution in [0.1, 0.15) is 15.4 Å². The molecule has 2 rings (SSSR count). The van der Waals surface area contributed by atoms with Gasteiger partial charge in [0.25, 0.3) is 5.91 Å². The van der Waals surface area contributed by atoms with Crippen molar-refractivity contribution in [2.45, 2.75) is 6.92 Å². The highest BCUT2D eigenvalue weighted by atomic mass is 32.1. The molecule has 2 heterocycles. The SMILES string of the molecule is Cc1ccsc1-c1csc(C(N)=O)n1. The van der Waals surface area contributed by atoms with Crippen LogP contribution in [0.5, 0.6) is 0 Å². The molecule has 2 aromatic heterocycles. The molecule has 0 atom stereocenters. The van der Waals surface area contributed by atoms with E-state index in [1.54, 1.807) is 11.3 Å². The summed E-state index contributed by atoms with van der Waals surface area (Å²) in [7, 11) is 0. The Kier molecular flexibility index (Phi) is 2.35. The van der Waals surface area contributed by atoms with Gasteiger partial charge < -0.3 is 5.73 Å². The van der Waals surface area contributed by atoms with Gasteiger partial charge in [0.05, 0.1) is 10.6 Å². The highest BCUT2D eigenvalue weighted by Gasteiger charge is 2.10. The first-order chi connectivity index (χ1) is 6.68. The van der Waals surface area contributed by atoms with Crippen LogP contribution in [0.4, 0.5) is 0 Å². The first-order valence-corrected chi connectivity index (χ1v) is 5.74. The van der Waals surface area contributed by atoms with Crippen LogP contribution in [0, 0.1) is 6.92 Å². The van der Waals surface area contributed by atoms with Gasteiger partial charge in [-0.3, -0.25) is 4.79 Å². The zero-order valence-corrected chi connectivity index (χ0v) is 9.11. The molecule has 0 radical (unpaired) electrons. The van der Waals surface area contributed by atoms with Gasteiger partial charge in [-0.2, -0.15) is 0 Å². The van der Waals surface area contributed by atoms with E-state index in [1.165, 1.54) is 16.9 Å². The molecule has 5 heteroatoms. The van der Waals surface area contributed by atoms with Crippen molar-refractivity contribution < 1.29 is 4.79 Å². The molecule has 14 heavy (non-hydrogen) atoms. The summed E-state index contributed by atoms with van der Waals surface area (Å²) in [4.78, 5) is 16.1. The number of aryl methyl sites for hydroxylation is 1. The number of thiazole rings is 1. The zero-order valence-electron chi connectivity index (χ0n) is 7.48. The minimum absolute atomic E-state index is 0.368. The lowest BCUT2D eigenvalue weighted by Crippen LogP contribution is -2.10. The van der Waals surface area contributed by atoms with Crippen LogP contribution in [-0.2, 0) is 0 Å². The standard InChI is InChI=1S/C9H8N2OS2/c1-5-2-3-13-7(5)6-4-14-9(11-6)8(10)12/h2-4H,1H3,(H2,10,12). The van der Waals surface area contributed by atoms with Gasteiger partial charge in [0.15, 0.2) is 5.01 Å². The summed E-state index contributed by atoms with van der Waals surface area (Å²) in [6, 6.07) is 2.03. The third kappa shape index (κ3) is 1.56. The van der Waals surface area contributed by atoms with E-state index in [0.717, 1.165) is 10.6 Å². The van der Waals surface area contributed by atoms with Crippen molar-refractivity contribution in [3.63, 3.8) is 0 Å². The van der Waals surface area contributed by atoms with Crippen LogP contribution in [-0.4, -0.2) is 10.9 Å². The van der Waals surface area contributed by atoms with Crippen molar-refractivity contribution >= 4 is 28.6 Å². The van der Waals surface area contributed by atoms with Crippen molar-refractivity contribution in [3.05, 3.63) is 27.4 Å². The molecule has 2 aromatic rings. The van der Waals surface area contributed by atoms with Crippen molar-refractivity contribution in [1.82, 2.24) is 4.98 Å². The van der Waals surface area contributed by atoms with Gasteiger partial charge in [-0.15, -0.1) is 22.7 Å². The summed E-state index contributed by atoms with van der Waals surface area (Å²) in [5, 5.41) is 4.24. The molecule has 2 N–H and O–H groups in total. The molecule has 72 valence electrons. The molecule has 1 amide bonds. The number of primary amides is 1. The number of nitrogens with zero attached hydrogens (tertiary/aromatic N) is 1. The Labute approximate surface area is 89.2 Å². The molecule has 0 saturated carbocycles. The van der Waals surface area contributed by atoms with E-state index in [1.807, 2.05) is 23.8 Å². The average molecular weight is 224 g/mol. The van der Waals surface area contributed by atoms with Gasteiger partial charge in [-0.25, -0.2) is 4.98 Å². The van der Waals surface area contributed by atoms with Gasteiger partial charge in [0, 0.05) is 5.38 Å². The minimum Gasteiger partial charge on any atom is -0.364 e. The van der Waals surface area contributed by atoms with E-state index < -0.39 is 5.91 Å². The molecule has 0 aliphatic rings. The molecule has 0 unspecified atom stereocenters. The maximum absolute atomic E-state index is 10.8. The maximum Gasteiger partial charge on any atom is 0.277 e. The molecule has 0 fully saturated rings. The number of rotatable bonds is 2. The van der Waals surface area contributed by atoms with Crippen LogP contribution >= 0.6 is 22.7 Å². The topological polar surface area (TPSA) is 56.0 Å². The Bertz CT molecular complexity index is 473. The van der Waals surface area contributed by atoms with Crippen LogP contribution in [0.2, 0.25) is 0 Å².